The Morgan fingerprint density at radius 2 is 2.20 bits per heavy atom. The zero-order chi connectivity index (χ0) is 15.3. The fraction of sp³-hybridized carbons (Fsp3) is 0.200. The van der Waals surface area contributed by atoms with E-state index < -0.39 is 20.4 Å². The predicted molar refractivity (Wildman–Crippen MR) is 75.6 cm³/mol. The Balaban J connectivity index is 3.42. The van der Waals surface area contributed by atoms with Crippen LogP contribution in [0.2, 0.25) is 0 Å². The molecule has 0 bridgehead atoms. The molecule has 20 heavy (non-hydrogen) atoms. The molecule has 0 aliphatic carbocycles. The molecule has 0 aliphatic rings. The molecule has 0 spiro atoms. The van der Waals surface area contributed by atoms with Crippen LogP contribution in [0.15, 0.2) is 28.1 Å². The molecule has 0 aromatic heterocycles. The van der Waals surface area contributed by atoms with Gasteiger partial charge in [0.05, 0.1) is 9.82 Å². The number of nitriles is 1. The monoisotopic (exact) mass is 314 g/mol. The van der Waals surface area contributed by atoms with E-state index in [9.17, 15) is 18.5 Å². The minimum absolute atomic E-state index is 0.0329. The van der Waals surface area contributed by atoms with E-state index in [-0.39, 0.29) is 15.8 Å². The number of nitro groups is 1. The van der Waals surface area contributed by atoms with Crippen molar-refractivity contribution in [1.82, 2.24) is 5.32 Å². The summed E-state index contributed by atoms with van der Waals surface area (Å²) in [7, 11) is -3.55. The summed E-state index contributed by atoms with van der Waals surface area (Å²) in [5.74, 6) is 0. The average molecular weight is 314 g/mol. The van der Waals surface area contributed by atoms with Crippen molar-refractivity contribution in [3.05, 3.63) is 28.3 Å². The van der Waals surface area contributed by atoms with Crippen molar-refractivity contribution in [3.63, 3.8) is 0 Å². The molecule has 0 fully saturated rings. The van der Waals surface area contributed by atoms with Gasteiger partial charge in [0.2, 0.25) is 0 Å². The van der Waals surface area contributed by atoms with Crippen molar-refractivity contribution in [3.8, 4) is 6.19 Å². The summed E-state index contributed by atoms with van der Waals surface area (Å²) >= 11 is 1.10. The van der Waals surface area contributed by atoms with E-state index in [1.54, 1.807) is 12.4 Å². The summed E-state index contributed by atoms with van der Waals surface area (Å²) in [6.07, 6.45) is 4.25. The van der Waals surface area contributed by atoms with Crippen LogP contribution in [0, 0.1) is 21.6 Å². The molecule has 0 saturated heterocycles. The van der Waals surface area contributed by atoms with Crippen LogP contribution in [0.4, 0.5) is 11.4 Å². The van der Waals surface area contributed by atoms with Gasteiger partial charge in [0, 0.05) is 12.3 Å². The molecule has 106 valence electrons. The lowest BCUT2D eigenvalue weighted by Crippen LogP contribution is -2.12. The van der Waals surface area contributed by atoms with Crippen molar-refractivity contribution >= 4 is 38.1 Å². The lowest BCUT2D eigenvalue weighted by Gasteiger charge is -2.03. The summed E-state index contributed by atoms with van der Waals surface area (Å²) < 4.78 is 22.8. The molecule has 0 amide bonds. The Morgan fingerprint density at radius 1 is 1.55 bits per heavy atom. The Labute approximate surface area is 119 Å². The largest absolute Gasteiger partial charge is 0.296 e. The number of aliphatic imine (C=N–C) groups is 1. The van der Waals surface area contributed by atoms with Gasteiger partial charge in [-0.05, 0) is 18.4 Å². The van der Waals surface area contributed by atoms with Crippen LogP contribution < -0.4 is 5.32 Å². The fourth-order valence-corrected chi connectivity index (χ4v) is 2.23. The van der Waals surface area contributed by atoms with Gasteiger partial charge in [0.15, 0.2) is 21.2 Å². The molecule has 0 heterocycles. The van der Waals surface area contributed by atoms with Crippen LogP contribution in [0.25, 0.3) is 0 Å². The molecule has 0 saturated carbocycles. The normalized spacial score (nSPS) is 11.8. The number of nitro benzene ring substituents is 1. The van der Waals surface area contributed by atoms with Crippen molar-refractivity contribution in [1.29, 1.82) is 5.26 Å². The number of benzene rings is 1. The van der Waals surface area contributed by atoms with Gasteiger partial charge in [0.1, 0.15) is 5.69 Å². The topological polar surface area (TPSA) is 125 Å². The molecule has 0 aliphatic heterocycles. The third-order valence-corrected chi connectivity index (χ3v) is 3.84. The van der Waals surface area contributed by atoms with Gasteiger partial charge in [-0.1, -0.05) is 11.8 Å². The van der Waals surface area contributed by atoms with E-state index >= 15 is 0 Å². The number of sulfone groups is 1. The molecule has 8 nitrogen and oxygen atoms in total. The third-order valence-electron chi connectivity index (χ3n) is 2.15. The minimum Gasteiger partial charge on any atom is -0.271 e. The quantitative estimate of drug-likeness (QED) is 0.223. The zero-order valence-corrected chi connectivity index (χ0v) is 12.2. The minimum atomic E-state index is -3.55. The van der Waals surface area contributed by atoms with Gasteiger partial charge >= 0.3 is 0 Å². The van der Waals surface area contributed by atoms with Crippen LogP contribution in [0.1, 0.15) is 0 Å². The van der Waals surface area contributed by atoms with Crippen molar-refractivity contribution in [2.24, 2.45) is 4.99 Å². The first-order chi connectivity index (χ1) is 9.29. The average Bonchev–Trinajstić information content (AvgIpc) is 2.36. The number of hydrogen-bond donors (Lipinski definition) is 1. The van der Waals surface area contributed by atoms with E-state index in [2.05, 4.69) is 10.3 Å². The van der Waals surface area contributed by atoms with Gasteiger partial charge in [-0.25, -0.2) is 13.4 Å². The maximum atomic E-state index is 11.4. The van der Waals surface area contributed by atoms with Crippen molar-refractivity contribution < 1.29 is 13.3 Å². The molecular formula is C10H10N4O4S2. The smallest absolute Gasteiger partial charge is 0.271 e. The van der Waals surface area contributed by atoms with E-state index in [1.165, 1.54) is 12.1 Å². The molecular weight excluding hydrogens is 304 g/mol. The fourth-order valence-electron chi connectivity index (χ4n) is 1.26. The Kier molecular flexibility index (Phi) is 5.06. The molecule has 1 rings (SSSR count). The third kappa shape index (κ3) is 3.94. The van der Waals surface area contributed by atoms with Gasteiger partial charge in [-0.3, -0.25) is 15.4 Å². The number of nitrogens with one attached hydrogen (secondary N) is 1. The SMILES string of the molecule is CSC(=Nc1ccc(S(C)(=O)=O)cc1[N+](=O)[O-])NC#N. The summed E-state index contributed by atoms with van der Waals surface area (Å²) in [6.45, 7) is 0. The highest BCUT2D eigenvalue weighted by Crippen LogP contribution is 2.30. The van der Waals surface area contributed by atoms with Crippen LogP contribution in [-0.4, -0.2) is 31.0 Å². The molecule has 0 radical (unpaired) electrons. The number of hydrogen-bond acceptors (Lipinski definition) is 7. The second-order valence-electron chi connectivity index (χ2n) is 3.54. The van der Waals surface area contributed by atoms with E-state index in [0.29, 0.717) is 0 Å². The highest BCUT2D eigenvalue weighted by molar-refractivity contribution is 8.13. The molecule has 0 atom stereocenters. The Hall–Kier alpha value is -2.12. The first-order valence-electron chi connectivity index (χ1n) is 5.06. The first kappa shape index (κ1) is 15.9. The van der Waals surface area contributed by atoms with E-state index in [0.717, 1.165) is 24.1 Å². The van der Waals surface area contributed by atoms with Crippen LogP contribution in [0.3, 0.4) is 0 Å². The van der Waals surface area contributed by atoms with Gasteiger partial charge < -0.3 is 0 Å². The Morgan fingerprint density at radius 3 is 2.65 bits per heavy atom. The van der Waals surface area contributed by atoms with Crippen LogP contribution >= 0.6 is 11.8 Å². The number of amidine groups is 1. The number of rotatable bonds is 3. The Bertz CT molecular complexity index is 706. The summed E-state index contributed by atoms with van der Waals surface area (Å²) in [5.41, 5.74) is -0.478. The summed E-state index contributed by atoms with van der Waals surface area (Å²) in [6, 6.07) is 3.40. The van der Waals surface area contributed by atoms with Crippen LogP contribution in [-0.2, 0) is 9.84 Å². The summed E-state index contributed by atoms with van der Waals surface area (Å²) in [4.78, 5) is 14.0. The standard InChI is InChI=1S/C10H10N4O4S2/c1-19-10(12-6-11)13-8-4-3-7(20(2,17)18)5-9(8)14(15)16/h3-5H,1-2H3,(H,12,13). The lowest BCUT2D eigenvalue weighted by atomic mass is 10.3. The van der Waals surface area contributed by atoms with E-state index in [4.69, 9.17) is 5.26 Å². The number of nitrogens with zero attached hydrogens (tertiary/aromatic N) is 3. The molecule has 1 N–H and O–H groups in total. The highest BCUT2D eigenvalue weighted by atomic mass is 32.2. The predicted octanol–water partition coefficient (Wildman–Crippen LogP) is 1.42. The molecule has 1 aromatic carbocycles. The van der Waals surface area contributed by atoms with E-state index in [1.807, 2.05) is 0 Å². The van der Waals surface area contributed by atoms with Gasteiger partial charge in [0.25, 0.3) is 5.69 Å². The van der Waals surface area contributed by atoms with Crippen molar-refractivity contribution in [2.45, 2.75) is 4.90 Å². The summed E-state index contributed by atoms with van der Waals surface area (Å²) in [5, 5.41) is 21.9. The number of thioether (sulfide) groups is 1. The molecule has 1 aromatic rings. The van der Waals surface area contributed by atoms with Gasteiger partial charge in [-0.15, -0.1) is 0 Å². The maximum absolute atomic E-state index is 11.4. The van der Waals surface area contributed by atoms with Crippen molar-refractivity contribution in [2.75, 3.05) is 12.5 Å². The lowest BCUT2D eigenvalue weighted by molar-refractivity contribution is -0.384. The zero-order valence-electron chi connectivity index (χ0n) is 10.5. The molecule has 10 heteroatoms. The highest BCUT2D eigenvalue weighted by Gasteiger charge is 2.18. The second-order valence-corrected chi connectivity index (χ2v) is 6.35. The molecule has 0 unspecified atom stereocenters. The van der Waals surface area contributed by atoms with Crippen LogP contribution in [0.5, 0.6) is 0 Å². The maximum Gasteiger partial charge on any atom is 0.296 e. The first-order valence-corrected chi connectivity index (χ1v) is 8.17. The van der Waals surface area contributed by atoms with Gasteiger partial charge in [-0.2, -0.15) is 5.26 Å². The second kappa shape index (κ2) is 6.36.